The Labute approximate surface area is 127 Å². The maximum absolute atomic E-state index is 11.8. The number of carbonyl (C=O) groups is 1. The summed E-state index contributed by atoms with van der Waals surface area (Å²) in [6, 6.07) is 6.92. The number of ether oxygens (including phenoxy) is 1. The number of nitrogens with one attached hydrogen (secondary N) is 2. The summed E-state index contributed by atoms with van der Waals surface area (Å²) in [6.07, 6.45) is 2.13. The van der Waals surface area contributed by atoms with Crippen molar-refractivity contribution in [1.29, 1.82) is 0 Å². The number of anilines is 2. The van der Waals surface area contributed by atoms with Crippen LogP contribution < -0.4 is 15.4 Å². The van der Waals surface area contributed by atoms with Gasteiger partial charge in [-0.3, -0.25) is 5.32 Å². The van der Waals surface area contributed by atoms with E-state index in [9.17, 15) is 4.79 Å². The summed E-state index contributed by atoms with van der Waals surface area (Å²) >= 11 is 1.33. The lowest BCUT2D eigenvalue weighted by Crippen LogP contribution is -2.19. The van der Waals surface area contributed by atoms with E-state index in [0.29, 0.717) is 17.4 Å². The molecule has 112 valence electrons. The number of nitrogens with zero attached hydrogens (tertiary/aromatic N) is 2. The molecule has 1 heterocycles. The molecule has 0 radical (unpaired) electrons. The van der Waals surface area contributed by atoms with Crippen molar-refractivity contribution in [1.82, 2.24) is 10.2 Å². The standard InChI is InChI=1S/C14H18N4O2S/c1-3-4-9-20-12-7-5-11(6-8-12)15-13(19)16-14-18-17-10(2)21-14/h5-8H,3-4,9H2,1-2H3,(H2,15,16,18,19). The molecule has 6 nitrogen and oxygen atoms in total. The first-order valence-electron chi connectivity index (χ1n) is 6.78. The lowest BCUT2D eigenvalue weighted by molar-refractivity contribution is 0.262. The van der Waals surface area contributed by atoms with Crippen molar-refractivity contribution >= 4 is 28.2 Å². The first kappa shape index (κ1) is 15.2. The van der Waals surface area contributed by atoms with Crippen LogP contribution in [-0.4, -0.2) is 22.8 Å². The summed E-state index contributed by atoms with van der Waals surface area (Å²) < 4.78 is 5.56. The van der Waals surface area contributed by atoms with Crippen molar-refractivity contribution in [3.8, 4) is 5.75 Å². The van der Waals surface area contributed by atoms with Crippen molar-refractivity contribution in [2.24, 2.45) is 0 Å². The van der Waals surface area contributed by atoms with Gasteiger partial charge in [-0.1, -0.05) is 24.7 Å². The Morgan fingerprint density at radius 1 is 1.24 bits per heavy atom. The molecule has 21 heavy (non-hydrogen) atoms. The number of hydrogen-bond acceptors (Lipinski definition) is 5. The number of aryl methyl sites for hydroxylation is 1. The molecule has 2 N–H and O–H groups in total. The predicted octanol–water partition coefficient (Wildman–Crippen LogP) is 3.67. The van der Waals surface area contributed by atoms with Crippen LogP contribution in [0.25, 0.3) is 0 Å². The van der Waals surface area contributed by atoms with Gasteiger partial charge in [0.2, 0.25) is 5.13 Å². The van der Waals surface area contributed by atoms with E-state index < -0.39 is 0 Å². The molecule has 1 aromatic carbocycles. The monoisotopic (exact) mass is 306 g/mol. The van der Waals surface area contributed by atoms with Crippen LogP contribution in [-0.2, 0) is 0 Å². The maximum Gasteiger partial charge on any atom is 0.325 e. The van der Waals surface area contributed by atoms with Crippen molar-refractivity contribution < 1.29 is 9.53 Å². The largest absolute Gasteiger partial charge is 0.494 e. The number of unbranched alkanes of at least 4 members (excludes halogenated alkanes) is 1. The van der Waals surface area contributed by atoms with Crippen LogP contribution >= 0.6 is 11.3 Å². The zero-order valence-corrected chi connectivity index (χ0v) is 12.9. The minimum absolute atomic E-state index is 0.342. The Balaban J connectivity index is 1.83. The van der Waals surface area contributed by atoms with Crippen LogP contribution in [0.5, 0.6) is 5.75 Å². The fourth-order valence-electron chi connectivity index (χ4n) is 1.58. The average Bonchev–Trinajstić information content (AvgIpc) is 2.86. The number of urea groups is 1. The Bertz CT molecular complexity index is 583. The lowest BCUT2D eigenvalue weighted by atomic mass is 10.3. The van der Waals surface area contributed by atoms with E-state index in [4.69, 9.17) is 4.74 Å². The van der Waals surface area contributed by atoms with Crippen LogP contribution in [0.2, 0.25) is 0 Å². The lowest BCUT2D eigenvalue weighted by Gasteiger charge is -2.08. The topological polar surface area (TPSA) is 76.1 Å². The molecule has 7 heteroatoms. The predicted molar refractivity (Wildman–Crippen MR) is 84.1 cm³/mol. The second-order valence-corrected chi connectivity index (χ2v) is 5.61. The fraction of sp³-hybridized carbons (Fsp3) is 0.357. The second kappa shape index (κ2) is 7.58. The second-order valence-electron chi connectivity index (χ2n) is 4.43. The molecule has 0 saturated carbocycles. The van der Waals surface area contributed by atoms with E-state index >= 15 is 0 Å². The molecule has 1 aromatic heterocycles. The molecule has 2 aromatic rings. The third-order valence-electron chi connectivity index (χ3n) is 2.63. The van der Waals surface area contributed by atoms with Gasteiger partial charge < -0.3 is 10.1 Å². The molecule has 0 aliphatic carbocycles. The molecule has 0 bridgehead atoms. The SMILES string of the molecule is CCCCOc1ccc(NC(=O)Nc2nnc(C)s2)cc1. The van der Waals surface area contributed by atoms with Gasteiger partial charge in [-0.25, -0.2) is 4.79 Å². The first-order valence-corrected chi connectivity index (χ1v) is 7.60. The van der Waals surface area contributed by atoms with Gasteiger partial charge in [-0.15, -0.1) is 10.2 Å². The van der Waals surface area contributed by atoms with Crippen LogP contribution in [0.15, 0.2) is 24.3 Å². The number of carbonyl (C=O) groups excluding carboxylic acids is 1. The quantitative estimate of drug-likeness (QED) is 0.798. The molecule has 2 rings (SSSR count). The third-order valence-corrected chi connectivity index (χ3v) is 3.38. The van der Waals surface area contributed by atoms with E-state index in [0.717, 1.165) is 23.6 Å². The summed E-state index contributed by atoms with van der Waals surface area (Å²) in [5.41, 5.74) is 0.691. The highest BCUT2D eigenvalue weighted by Crippen LogP contribution is 2.17. The maximum atomic E-state index is 11.8. The Kier molecular flexibility index (Phi) is 5.51. The fourth-order valence-corrected chi connectivity index (χ4v) is 2.16. The van der Waals surface area contributed by atoms with Gasteiger partial charge in [0.05, 0.1) is 6.61 Å². The third kappa shape index (κ3) is 5.03. The van der Waals surface area contributed by atoms with Crippen molar-refractivity contribution in [2.45, 2.75) is 26.7 Å². The van der Waals surface area contributed by atoms with Gasteiger partial charge in [0.15, 0.2) is 0 Å². The summed E-state index contributed by atoms with van der Waals surface area (Å²) in [5.74, 6) is 0.800. The minimum atomic E-state index is -0.342. The Morgan fingerprint density at radius 2 is 2.00 bits per heavy atom. The molecule has 0 aliphatic heterocycles. The summed E-state index contributed by atoms with van der Waals surface area (Å²) in [7, 11) is 0. The first-order chi connectivity index (χ1) is 10.2. The molecular formula is C14H18N4O2S. The molecule has 0 aliphatic rings. The van der Waals surface area contributed by atoms with E-state index in [1.54, 1.807) is 12.1 Å². The number of hydrogen-bond donors (Lipinski definition) is 2. The van der Waals surface area contributed by atoms with E-state index in [1.807, 2.05) is 19.1 Å². The minimum Gasteiger partial charge on any atom is -0.494 e. The van der Waals surface area contributed by atoms with Gasteiger partial charge in [0, 0.05) is 5.69 Å². The molecule has 0 saturated heterocycles. The van der Waals surface area contributed by atoms with Gasteiger partial charge >= 0.3 is 6.03 Å². The average molecular weight is 306 g/mol. The van der Waals surface area contributed by atoms with E-state index in [1.165, 1.54) is 11.3 Å². The normalized spacial score (nSPS) is 10.2. The highest BCUT2D eigenvalue weighted by molar-refractivity contribution is 7.15. The van der Waals surface area contributed by atoms with Crippen molar-refractivity contribution in [3.05, 3.63) is 29.3 Å². The van der Waals surface area contributed by atoms with Gasteiger partial charge in [-0.2, -0.15) is 0 Å². The summed E-state index contributed by atoms with van der Waals surface area (Å²) in [5, 5.41) is 14.3. The van der Waals surface area contributed by atoms with Crippen molar-refractivity contribution in [2.75, 3.05) is 17.2 Å². The molecule has 0 spiro atoms. The summed E-state index contributed by atoms with van der Waals surface area (Å²) in [4.78, 5) is 11.8. The zero-order chi connectivity index (χ0) is 15.1. The molecule has 0 fully saturated rings. The van der Waals surface area contributed by atoms with E-state index in [-0.39, 0.29) is 6.03 Å². The number of aromatic nitrogens is 2. The molecule has 0 unspecified atom stereocenters. The highest BCUT2D eigenvalue weighted by atomic mass is 32.1. The van der Waals surface area contributed by atoms with Crippen LogP contribution in [0.4, 0.5) is 15.6 Å². The van der Waals surface area contributed by atoms with Gasteiger partial charge in [0.25, 0.3) is 0 Å². The summed E-state index contributed by atoms with van der Waals surface area (Å²) in [6.45, 7) is 4.66. The number of amides is 2. The molecule has 0 atom stereocenters. The smallest absolute Gasteiger partial charge is 0.325 e. The highest BCUT2D eigenvalue weighted by Gasteiger charge is 2.06. The molecular weight excluding hydrogens is 288 g/mol. The van der Waals surface area contributed by atoms with Gasteiger partial charge in [-0.05, 0) is 37.6 Å². The Morgan fingerprint density at radius 3 is 2.62 bits per heavy atom. The number of rotatable bonds is 6. The van der Waals surface area contributed by atoms with Crippen LogP contribution in [0.3, 0.4) is 0 Å². The van der Waals surface area contributed by atoms with E-state index in [2.05, 4.69) is 27.8 Å². The zero-order valence-electron chi connectivity index (χ0n) is 12.0. The number of benzene rings is 1. The van der Waals surface area contributed by atoms with Crippen LogP contribution in [0.1, 0.15) is 24.8 Å². The van der Waals surface area contributed by atoms with Crippen molar-refractivity contribution in [3.63, 3.8) is 0 Å². The van der Waals surface area contributed by atoms with Gasteiger partial charge in [0.1, 0.15) is 10.8 Å². The molecule has 2 amide bonds. The van der Waals surface area contributed by atoms with Crippen LogP contribution in [0, 0.1) is 6.92 Å². The Hall–Kier alpha value is -2.15.